The van der Waals surface area contributed by atoms with Crippen LogP contribution in [0, 0.1) is 5.92 Å². The van der Waals surface area contributed by atoms with Crippen LogP contribution < -0.4 is 0 Å². The lowest BCUT2D eigenvalue weighted by Crippen LogP contribution is -2.37. The second-order valence-electron chi connectivity index (χ2n) is 5.49. The number of ether oxygens (including phenoxy) is 1. The maximum absolute atomic E-state index is 12.5. The van der Waals surface area contributed by atoms with E-state index in [-0.39, 0.29) is 11.8 Å². The van der Waals surface area contributed by atoms with Gasteiger partial charge in [-0.2, -0.15) is 11.3 Å². The van der Waals surface area contributed by atoms with E-state index in [0.717, 1.165) is 24.2 Å². The highest BCUT2D eigenvalue weighted by Gasteiger charge is 2.23. The molecule has 1 aliphatic heterocycles. The van der Waals surface area contributed by atoms with Gasteiger partial charge in [0.1, 0.15) is 6.33 Å². The highest BCUT2D eigenvalue weighted by Crippen LogP contribution is 2.14. The lowest BCUT2D eigenvalue weighted by Gasteiger charge is -2.23. The van der Waals surface area contributed by atoms with Gasteiger partial charge in [0.05, 0.1) is 19.6 Å². The summed E-state index contributed by atoms with van der Waals surface area (Å²) in [6, 6.07) is 3.93. The molecular formula is C16H19N3O2S. The zero-order chi connectivity index (χ0) is 15.2. The first-order valence-electron chi connectivity index (χ1n) is 7.43. The molecule has 0 bridgehead atoms. The molecule has 1 saturated heterocycles. The molecule has 0 aromatic carbocycles. The van der Waals surface area contributed by atoms with E-state index in [2.05, 4.69) is 9.97 Å². The summed E-state index contributed by atoms with van der Waals surface area (Å²) in [5, 5.41) is 4.04. The molecule has 22 heavy (non-hydrogen) atoms. The van der Waals surface area contributed by atoms with Crippen molar-refractivity contribution in [1.82, 2.24) is 14.9 Å². The zero-order valence-corrected chi connectivity index (χ0v) is 13.2. The minimum absolute atomic E-state index is 0.177. The summed E-state index contributed by atoms with van der Waals surface area (Å²) in [6.07, 6.45) is 4.60. The molecule has 1 fully saturated rings. The Labute approximate surface area is 134 Å². The Hall–Kier alpha value is -1.79. The lowest BCUT2D eigenvalue weighted by molar-refractivity contribution is -0.130. The van der Waals surface area contributed by atoms with Crippen molar-refractivity contribution in [3.8, 4) is 0 Å². The van der Waals surface area contributed by atoms with E-state index in [9.17, 15) is 4.79 Å². The molecule has 0 N–H and O–H groups in total. The van der Waals surface area contributed by atoms with Gasteiger partial charge in [0, 0.05) is 30.9 Å². The first-order valence-corrected chi connectivity index (χ1v) is 8.37. The molecule has 0 spiro atoms. The third kappa shape index (κ3) is 4.11. The van der Waals surface area contributed by atoms with Crippen molar-refractivity contribution in [3.63, 3.8) is 0 Å². The third-order valence-corrected chi connectivity index (χ3v) is 4.50. The van der Waals surface area contributed by atoms with Gasteiger partial charge in [-0.15, -0.1) is 0 Å². The van der Waals surface area contributed by atoms with Crippen molar-refractivity contribution in [3.05, 3.63) is 46.7 Å². The van der Waals surface area contributed by atoms with Crippen molar-refractivity contribution in [2.24, 2.45) is 5.92 Å². The van der Waals surface area contributed by atoms with E-state index in [0.29, 0.717) is 26.2 Å². The average molecular weight is 317 g/mol. The molecule has 0 radical (unpaired) electrons. The van der Waals surface area contributed by atoms with Crippen LogP contribution >= 0.6 is 11.3 Å². The lowest BCUT2D eigenvalue weighted by atomic mass is 10.0. The van der Waals surface area contributed by atoms with Gasteiger partial charge >= 0.3 is 0 Å². The molecule has 1 atom stereocenters. The maximum atomic E-state index is 12.5. The Kier molecular flexibility index (Phi) is 5.13. The van der Waals surface area contributed by atoms with Crippen molar-refractivity contribution in [2.45, 2.75) is 12.8 Å². The summed E-state index contributed by atoms with van der Waals surface area (Å²) in [4.78, 5) is 22.6. The van der Waals surface area contributed by atoms with Gasteiger partial charge in [-0.1, -0.05) is 0 Å². The Balaban J connectivity index is 1.61. The van der Waals surface area contributed by atoms with E-state index in [1.165, 1.54) is 0 Å². The molecule has 0 aliphatic carbocycles. The van der Waals surface area contributed by atoms with Crippen LogP contribution in [0.15, 0.2) is 35.4 Å². The summed E-state index contributed by atoms with van der Waals surface area (Å²) in [5.41, 5.74) is 2.09. The van der Waals surface area contributed by atoms with Crippen LogP contribution in [0.25, 0.3) is 0 Å². The summed E-state index contributed by atoms with van der Waals surface area (Å²) < 4.78 is 5.66. The topological polar surface area (TPSA) is 55.3 Å². The molecule has 1 amide bonds. The standard InChI is InChI=1S/C16H19N3O2S/c20-16(8-13-2-6-22-11-13)19-4-5-21-10-14(9-19)7-15-1-3-17-12-18-15/h1-3,6,11-12,14H,4-5,7-10H2/t14-/m1/s1. The molecule has 1 aliphatic rings. The molecular weight excluding hydrogens is 298 g/mol. The van der Waals surface area contributed by atoms with E-state index >= 15 is 0 Å². The minimum atomic E-state index is 0.177. The third-order valence-electron chi connectivity index (χ3n) is 3.77. The van der Waals surface area contributed by atoms with Crippen molar-refractivity contribution in [2.75, 3.05) is 26.3 Å². The zero-order valence-electron chi connectivity index (χ0n) is 12.4. The van der Waals surface area contributed by atoms with Gasteiger partial charge in [-0.05, 0) is 34.9 Å². The monoisotopic (exact) mass is 317 g/mol. The fraction of sp³-hybridized carbons (Fsp3) is 0.438. The van der Waals surface area contributed by atoms with Crippen LogP contribution in [-0.4, -0.2) is 47.1 Å². The number of aromatic nitrogens is 2. The fourth-order valence-electron chi connectivity index (χ4n) is 2.64. The average Bonchev–Trinajstić information content (AvgIpc) is 2.93. The highest BCUT2D eigenvalue weighted by molar-refractivity contribution is 7.07. The SMILES string of the molecule is O=C(Cc1ccsc1)N1CCOC[C@H](Cc2ccncn2)C1. The van der Waals surface area contributed by atoms with E-state index < -0.39 is 0 Å². The first-order chi connectivity index (χ1) is 10.8. The van der Waals surface area contributed by atoms with E-state index in [1.807, 2.05) is 27.8 Å². The Bertz CT molecular complexity index is 589. The number of carbonyl (C=O) groups excluding carboxylic acids is 1. The smallest absolute Gasteiger partial charge is 0.227 e. The molecule has 2 aromatic rings. The summed E-state index contributed by atoms with van der Waals surface area (Å²) in [5.74, 6) is 0.459. The van der Waals surface area contributed by atoms with E-state index in [4.69, 9.17) is 4.74 Å². The van der Waals surface area contributed by atoms with Crippen LogP contribution in [0.1, 0.15) is 11.3 Å². The van der Waals surface area contributed by atoms with Gasteiger partial charge in [0.2, 0.25) is 5.91 Å². The van der Waals surface area contributed by atoms with Gasteiger partial charge < -0.3 is 9.64 Å². The number of thiophene rings is 1. The summed E-state index contributed by atoms with van der Waals surface area (Å²) in [7, 11) is 0. The number of hydrogen-bond donors (Lipinski definition) is 0. The molecule has 5 nitrogen and oxygen atoms in total. The van der Waals surface area contributed by atoms with Crippen LogP contribution in [0.2, 0.25) is 0 Å². The van der Waals surface area contributed by atoms with Crippen molar-refractivity contribution in [1.29, 1.82) is 0 Å². The molecule has 6 heteroatoms. The first kappa shape index (κ1) is 15.1. The van der Waals surface area contributed by atoms with Gasteiger partial charge in [0.25, 0.3) is 0 Å². The molecule has 3 rings (SSSR count). The molecule has 0 saturated carbocycles. The number of rotatable bonds is 4. The number of nitrogens with zero attached hydrogens (tertiary/aromatic N) is 3. The normalized spacial score (nSPS) is 18.9. The second kappa shape index (κ2) is 7.47. The minimum Gasteiger partial charge on any atom is -0.379 e. The predicted molar refractivity (Wildman–Crippen MR) is 84.6 cm³/mol. The maximum Gasteiger partial charge on any atom is 0.227 e. The van der Waals surface area contributed by atoms with Crippen molar-refractivity contribution >= 4 is 17.2 Å². The largest absolute Gasteiger partial charge is 0.379 e. The Morgan fingerprint density at radius 3 is 3.18 bits per heavy atom. The quantitative estimate of drug-likeness (QED) is 0.863. The summed E-state index contributed by atoms with van der Waals surface area (Å²) >= 11 is 1.63. The molecule has 2 aromatic heterocycles. The van der Waals surface area contributed by atoms with E-state index in [1.54, 1.807) is 23.9 Å². The fourth-order valence-corrected chi connectivity index (χ4v) is 3.31. The molecule has 0 unspecified atom stereocenters. The van der Waals surface area contributed by atoms with Gasteiger partial charge in [0.15, 0.2) is 0 Å². The molecule has 3 heterocycles. The van der Waals surface area contributed by atoms with Crippen LogP contribution in [0.4, 0.5) is 0 Å². The van der Waals surface area contributed by atoms with Crippen LogP contribution in [0.3, 0.4) is 0 Å². The van der Waals surface area contributed by atoms with Crippen LogP contribution in [-0.2, 0) is 22.4 Å². The Morgan fingerprint density at radius 2 is 2.41 bits per heavy atom. The van der Waals surface area contributed by atoms with Crippen molar-refractivity contribution < 1.29 is 9.53 Å². The van der Waals surface area contributed by atoms with Gasteiger partial charge in [-0.25, -0.2) is 9.97 Å². The molecule has 116 valence electrons. The second-order valence-corrected chi connectivity index (χ2v) is 6.27. The van der Waals surface area contributed by atoms with Crippen LogP contribution in [0.5, 0.6) is 0 Å². The summed E-state index contributed by atoms with van der Waals surface area (Å²) in [6.45, 7) is 2.68. The number of hydrogen-bond acceptors (Lipinski definition) is 5. The highest BCUT2D eigenvalue weighted by atomic mass is 32.1. The number of carbonyl (C=O) groups is 1. The Morgan fingerprint density at radius 1 is 1.45 bits per heavy atom. The van der Waals surface area contributed by atoms with Gasteiger partial charge in [-0.3, -0.25) is 4.79 Å². The number of amides is 1. The predicted octanol–water partition coefficient (Wildman–Crippen LogP) is 1.80.